The summed E-state index contributed by atoms with van der Waals surface area (Å²) in [7, 11) is 0. The number of nitrogens with two attached hydrogens (primary N) is 1. The molecule has 0 spiro atoms. The second-order valence-corrected chi connectivity index (χ2v) is 4.91. The zero-order valence-corrected chi connectivity index (χ0v) is 11.4. The lowest BCUT2D eigenvalue weighted by atomic mass is 10.0. The number of hydrogen-bond acceptors (Lipinski definition) is 4. The summed E-state index contributed by atoms with van der Waals surface area (Å²) >= 11 is 0. The van der Waals surface area contributed by atoms with E-state index in [9.17, 15) is 0 Å². The van der Waals surface area contributed by atoms with Gasteiger partial charge in [-0.3, -0.25) is 0 Å². The van der Waals surface area contributed by atoms with Crippen molar-refractivity contribution in [3.8, 4) is 11.5 Å². The van der Waals surface area contributed by atoms with Gasteiger partial charge in [-0.1, -0.05) is 29.8 Å². The molecule has 3 rings (SSSR count). The second-order valence-electron chi connectivity index (χ2n) is 4.91. The smallest absolute Gasteiger partial charge is 0.231 e. The number of rotatable bonds is 4. The van der Waals surface area contributed by atoms with Crippen molar-refractivity contribution >= 4 is 5.69 Å². The Balaban J connectivity index is 1.79. The Morgan fingerprint density at radius 2 is 1.85 bits per heavy atom. The predicted molar refractivity (Wildman–Crippen MR) is 79.2 cm³/mol. The molecule has 1 atom stereocenters. The molecule has 0 saturated heterocycles. The van der Waals surface area contributed by atoms with Gasteiger partial charge >= 0.3 is 0 Å². The van der Waals surface area contributed by atoms with E-state index >= 15 is 0 Å². The molecule has 1 heterocycles. The third-order valence-corrected chi connectivity index (χ3v) is 3.43. The van der Waals surface area contributed by atoms with Crippen molar-refractivity contribution in [2.24, 2.45) is 5.73 Å². The lowest BCUT2D eigenvalue weighted by Crippen LogP contribution is -2.20. The van der Waals surface area contributed by atoms with Gasteiger partial charge in [-0.05, 0) is 24.6 Å². The van der Waals surface area contributed by atoms with Crippen LogP contribution in [-0.2, 0) is 0 Å². The van der Waals surface area contributed by atoms with Gasteiger partial charge < -0.3 is 20.5 Å². The van der Waals surface area contributed by atoms with E-state index in [0.717, 1.165) is 17.2 Å². The lowest BCUT2D eigenvalue weighted by molar-refractivity contribution is 0.174. The highest BCUT2D eigenvalue weighted by Gasteiger charge is 2.15. The fraction of sp³-hybridized carbons (Fsp3) is 0.250. The van der Waals surface area contributed by atoms with Crippen molar-refractivity contribution in [2.75, 3.05) is 18.7 Å². The predicted octanol–water partition coefficient (Wildman–Crippen LogP) is 2.84. The van der Waals surface area contributed by atoms with Crippen molar-refractivity contribution in [3.63, 3.8) is 0 Å². The maximum absolute atomic E-state index is 5.89. The van der Waals surface area contributed by atoms with Crippen LogP contribution in [0, 0.1) is 6.92 Å². The van der Waals surface area contributed by atoms with Crippen molar-refractivity contribution in [1.29, 1.82) is 0 Å². The summed E-state index contributed by atoms with van der Waals surface area (Å²) in [6, 6.07) is 14.3. The summed E-state index contributed by atoms with van der Waals surface area (Å²) < 4.78 is 10.7. The standard InChI is InChI=1S/C16H18N2O2/c1-11-2-4-12(5-3-11)14(9-17)18-13-6-7-15-16(8-13)20-10-19-15/h2-8,14,18H,9-10,17H2,1H3. The Bertz CT molecular complexity index is 596. The Labute approximate surface area is 118 Å². The van der Waals surface area contributed by atoms with Crippen molar-refractivity contribution in [2.45, 2.75) is 13.0 Å². The summed E-state index contributed by atoms with van der Waals surface area (Å²) in [6.45, 7) is 2.89. The second kappa shape index (κ2) is 5.43. The molecule has 4 heteroatoms. The van der Waals surface area contributed by atoms with E-state index in [0.29, 0.717) is 6.54 Å². The maximum Gasteiger partial charge on any atom is 0.231 e. The number of anilines is 1. The molecule has 104 valence electrons. The first-order valence-corrected chi connectivity index (χ1v) is 6.69. The third kappa shape index (κ3) is 2.56. The molecule has 0 amide bonds. The summed E-state index contributed by atoms with van der Waals surface area (Å²) in [5.41, 5.74) is 9.28. The first-order valence-electron chi connectivity index (χ1n) is 6.69. The molecule has 1 aliphatic heterocycles. The molecule has 0 radical (unpaired) electrons. The van der Waals surface area contributed by atoms with Crippen LogP contribution < -0.4 is 20.5 Å². The van der Waals surface area contributed by atoms with Gasteiger partial charge in [0.25, 0.3) is 0 Å². The van der Waals surface area contributed by atoms with E-state index in [2.05, 4.69) is 36.5 Å². The normalized spacial score (nSPS) is 14.1. The summed E-state index contributed by atoms with van der Waals surface area (Å²) in [6.07, 6.45) is 0. The number of aryl methyl sites for hydroxylation is 1. The minimum atomic E-state index is 0.0796. The SMILES string of the molecule is Cc1ccc(C(CN)Nc2ccc3c(c2)OCO3)cc1. The van der Waals surface area contributed by atoms with Crippen LogP contribution in [0.4, 0.5) is 5.69 Å². The van der Waals surface area contributed by atoms with Gasteiger partial charge in [-0.15, -0.1) is 0 Å². The van der Waals surface area contributed by atoms with Crippen molar-refractivity contribution in [1.82, 2.24) is 0 Å². The topological polar surface area (TPSA) is 56.5 Å². The Morgan fingerprint density at radius 3 is 2.60 bits per heavy atom. The van der Waals surface area contributed by atoms with E-state index in [1.807, 2.05) is 18.2 Å². The van der Waals surface area contributed by atoms with Gasteiger partial charge in [0.1, 0.15) is 0 Å². The largest absolute Gasteiger partial charge is 0.454 e. The summed E-state index contributed by atoms with van der Waals surface area (Å²) in [4.78, 5) is 0. The molecule has 20 heavy (non-hydrogen) atoms. The molecule has 2 aromatic carbocycles. The van der Waals surface area contributed by atoms with E-state index in [1.54, 1.807) is 0 Å². The molecule has 0 bridgehead atoms. The number of benzene rings is 2. The highest BCUT2D eigenvalue weighted by Crippen LogP contribution is 2.35. The average Bonchev–Trinajstić information content (AvgIpc) is 2.93. The van der Waals surface area contributed by atoms with Gasteiger partial charge in [0.05, 0.1) is 6.04 Å². The van der Waals surface area contributed by atoms with Crippen molar-refractivity contribution in [3.05, 3.63) is 53.6 Å². The Morgan fingerprint density at radius 1 is 1.10 bits per heavy atom. The minimum absolute atomic E-state index is 0.0796. The minimum Gasteiger partial charge on any atom is -0.454 e. The molecule has 4 nitrogen and oxygen atoms in total. The molecule has 0 aliphatic carbocycles. The summed E-state index contributed by atoms with van der Waals surface area (Å²) in [5, 5.41) is 3.43. The number of fused-ring (bicyclic) bond motifs is 1. The van der Waals surface area contributed by atoms with Crippen LogP contribution in [0.3, 0.4) is 0 Å². The van der Waals surface area contributed by atoms with Crippen LogP contribution >= 0.6 is 0 Å². The van der Waals surface area contributed by atoms with E-state index in [4.69, 9.17) is 15.2 Å². The molecule has 2 aromatic rings. The molecule has 1 unspecified atom stereocenters. The molecule has 0 fully saturated rings. The van der Waals surface area contributed by atoms with Gasteiger partial charge in [0.15, 0.2) is 11.5 Å². The molecule has 0 aromatic heterocycles. The van der Waals surface area contributed by atoms with E-state index in [-0.39, 0.29) is 12.8 Å². The van der Waals surface area contributed by atoms with Crippen LogP contribution in [0.5, 0.6) is 11.5 Å². The first-order chi connectivity index (χ1) is 9.76. The highest BCUT2D eigenvalue weighted by atomic mass is 16.7. The van der Waals surface area contributed by atoms with Crippen LogP contribution in [0.1, 0.15) is 17.2 Å². The summed E-state index contributed by atoms with van der Waals surface area (Å²) in [5.74, 6) is 1.56. The first kappa shape index (κ1) is 12.8. The lowest BCUT2D eigenvalue weighted by Gasteiger charge is -2.19. The molecule has 3 N–H and O–H groups in total. The molecule has 1 aliphatic rings. The third-order valence-electron chi connectivity index (χ3n) is 3.43. The monoisotopic (exact) mass is 270 g/mol. The van der Waals surface area contributed by atoms with Crippen LogP contribution in [0.15, 0.2) is 42.5 Å². The average molecular weight is 270 g/mol. The van der Waals surface area contributed by atoms with Gasteiger partial charge in [-0.2, -0.15) is 0 Å². The molecular formula is C16H18N2O2. The van der Waals surface area contributed by atoms with Gasteiger partial charge in [-0.25, -0.2) is 0 Å². The fourth-order valence-corrected chi connectivity index (χ4v) is 2.26. The quantitative estimate of drug-likeness (QED) is 0.897. The van der Waals surface area contributed by atoms with Gasteiger partial charge in [0.2, 0.25) is 6.79 Å². The fourth-order valence-electron chi connectivity index (χ4n) is 2.26. The molecular weight excluding hydrogens is 252 g/mol. The van der Waals surface area contributed by atoms with E-state index in [1.165, 1.54) is 11.1 Å². The van der Waals surface area contributed by atoms with Crippen LogP contribution in [-0.4, -0.2) is 13.3 Å². The van der Waals surface area contributed by atoms with Crippen LogP contribution in [0.2, 0.25) is 0 Å². The number of ether oxygens (including phenoxy) is 2. The van der Waals surface area contributed by atoms with Gasteiger partial charge in [0, 0.05) is 18.3 Å². The number of nitrogens with one attached hydrogen (secondary N) is 1. The molecule has 0 saturated carbocycles. The zero-order chi connectivity index (χ0) is 13.9. The zero-order valence-electron chi connectivity index (χ0n) is 11.4. The van der Waals surface area contributed by atoms with Crippen molar-refractivity contribution < 1.29 is 9.47 Å². The van der Waals surface area contributed by atoms with Crippen LogP contribution in [0.25, 0.3) is 0 Å². The Kier molecular flexibility index (Phi) is 3.48. The maximum atomic E-state index is 5.89. The number of hydrogen-bond donors (Lipinski definition) is 2. The highest BCUT2D eigenvalue weighted by molar-refractivity contribution is 5.56. The Hall–Kier alpha value is -2.20. The van der Waals surface area contributed by atoms with E-state index < -0.39 is 0 Å².